The number of hydrogen-bond donors (Lipinski definition) is 0. The predicted molar refractivity (Wildman–Crippen MR) is 97.6 cm³/mol. The Bertz CT molecular complexity index is 849. The lowest BCUT2D eigenvalue weighted by Crippen LogP contribution is -2.19. The molecule has 0 saturated carbocycles. The van der Waals surface area contributed by atoms with E-state index in [0.717, 1.165) is 22.3 Å². The fourth-order valence-electron chi connectivity index (χ4n) is 3.62. The van der Waals surface area contributed by atoms with Gasteiger partial charge in [-0.2, -0.15) is 4.31 Å². The molecule has 0 amide bonds. The summed E-state index contributed by atoms with van der Waals surface area (Å²) in [7, 11) is -3.51. The van der Waals surface area contributed by atoms with E-state index < -0.39 is 10.0 Å². The van der Waals surface area contributed by atoms with E-state index in [9.17, 15) is 8.42 Å². The zero-order valence-corrected chi connectivity index (χ0v) is 15.2. The third-order valence-corrected chi connectivity index (χ3v) is 6.82. The lowest BCUT2D eigenvalue weighted by Gasteiger charge is -2.13. The third-order valence-electron chi connectivity index (χ3n) is 4.59. The van der Waals surface area contributed by atoms with Crippen molar-refractivity contribution in [2.75, 3.05) is 0 Å². The van der Waals surface area contributed by atoms with Crippen molar-refractivity contribution in [1.82, 2.24) is 4.31 Å². The molecule has 1 unspecified atom stereocenters. The molecule has 0 aliphatic carbocycles. The summed E-state index contributed by atoms with van der Waals surface area (Å²) in [6.07, 6.45) is 2.45. The van der Waals surface area contributed by atoms with Crippen molar-refractivity contribution in [2.45, 2.75) is 44.2 Å². The van der Waals surface area contributed by atoms with Gasteiger partial charge in [0.15, 0.2) is 0 Å². The van der Waals surface area contributed by atoms with Crippen molar-refractivity contribution >= 4 is 10.0 Å². The molecule has 3 rings (SSSR count). The fourth-order valence-corrected chi connectivity index (χ4v) is 5.81. The SMILES string of the molecule is C=C[C@@H]1[C@H](Cc2ccccc2)N1S(=O)(=O)c1c(C)cc(C)cc1C. The first-order valence-corrected chi connectivity index (χ1v) is 9.58. The number of sulfonamides is 1. The van der Waals surface area contributed by atoms with Crippen LogP contribution >= 0.6 is 0 Å². The van der Waals surface area contributed by atoms with Crippen molar-refractivity contribution < 1.29 is 8.42 Å². The van der Waals surface area contributed by atoms with Gasteiger partial charge in [0, 0.05) is 0 Å². The third kappa shape index (κ3) is 2.92. The van der Waals surface area contributed by atoms with E-state index in [1.807, 2.05) is 63.2 Å². The molecule has 2 aromatic carbocycles. The van der Waals surface area contributed by atoms with Crippen LogP contribution in [0.3, 0.4) is 0 Å². The van der Waals surface area contributed by atoms with Gasteiger partial charge in [-0.25, -0.2) is 8.42 Å². The highest BCUT2D eigenvalue weighted by atomic mass is 32.2. The maximum absolute atomic E-state index is 13.2. The van der Waals surface area contributed by atoms with Crippen molar-refractivity contribution in [3.63, 3.8) is 0 Å². The fraction of sp³-hybridized carbons (Fsp3) is 0.300. The minimum absolute atomic E-state index is 0.0463. The Morgan fingerprint density at radius 3 is 2.21 bits per heavy atom. The van der Waals surface area contributed by atoms with E-state index >= 15 is 0 Å². The molecule has 1 saturated heterocycles. The quantitative estimate of drug-likeness (QED) is 0.613. The summed E-state index contributed by atoms with van der Waals surface area (Å²) in [5.74, 6) is 0. The van der Waals surface area contributed by atoms with Gasteiger partial charge in [-0.15, -0.1) is 6.58 Å². The van der Waals surface area contributed by atoms with Crippen LogP contribution in [-0.2, 0) is 16.4 Å². The monoisotopic (exact) mass is 341 g/mol. The first-order chi connectivity index (χ1) is 11.4. The Labute approximate surface area is 144 Å². The summed E-state index contributed by atoms with van der Waals surface area (Å²) in [6, 6.07) is 13.7. The molecule has 0 bridgehead atoms. The van der Waals surface area contributed by atoms with Gasteiger partial charge >= 0.3 is 0 Å². The van der Waals surface area contributed by atoms with Crippen LogP contribution in [0.4, 0.5) is 0 Å². The highest BCUT2D eigenvalue weighted by molar-refractivity contribution is 7.89. The molecule has 1 fully saturated rings. The number of aryl methyl sites for hydroxylation is 3. The van der Waals surface area contributed by atoms with Gasteiger partial charge in [-0.3, -0.25) is 0 Å². The van der Waals surface area contributed by atoms with Gasteiger partial charge in [-0.1, -0.05) is 54.1 Å². The van der Waals surface area contributed by atoms with Crippen LogP contribution in [0.15, 0.2) is 60.0 Å². The summed E-state index contributed by atoms with van der Waals surface area (Å²) in [4.78, 5) is 0.440. The molecular formula is C20H23NO2S. The first kappa shape index (κ1) is 16.9. The summed E-state index contributed by atoms with van der Waals surface area (Å²) in [5.41, 5.74) is 3.83. The van der Waals surface area contributed by atoms with Gasteiger partial charge in [0.05, 0.1) is 17.0 Å². The summed E-state index contributed by atoms with van der Waals surface area (Å²) in [5, 5.41) is 0. The summed E-state index contributed by atoms with van der Waals surface area (Å²) >= 11 is 0. The Morgan fingerprint density at radius 1 is 1.08 bits per heavy atom. The van der Waals surface area contributed by atoms with Crippen LogP contribution in [0.25, 0.3) is 0 Å². The molecule has 2 aromatic rings. The molecule has 1 aliphatic rings. The molecule has 3 nitrogen and oxygen atoms in total. The first-order valence-electron chi connectivity index (χ1n) is 8.14. The van der Waals surface area contributed by atoms with E-state index in [0.29, 0.717) is 11.3 Å². The second-order valence-corrected chi connectivity index (χ2v) is 8.33. The normalized spacial score (nSPS) is 23.0. The van der Waals surface area contributed by atoms with Crippen LogP contribution in [0, 0.1) is 20.8 Å². The van der Waals surface area contributed by atoms with E-state index in [1.54, 1.807) is 10.4 Å². The molecular weight excluding hydrogens is 318 g/mol. The van der Waals surface area contributed by atoms with E-state index in [-0.39, 0.29) is 12.1 Å². The van der Waals surface area contributed by atoms with Gasteiger partial charge in [0.2, 0.25) is 10.0 Å². The van der Waals surface area contributed by atoms with Gasteiger partial charge in [-0.05, 0) is 43.9 Å². The molecule has 126 valence electrons. The van der Waals surface area contributed by atoms with Crippen LogP contribution in [-0.4, -0.2) is 24.8 Å². The minimum Gasteiger partial charge on any atom is -0.207 e. The van der Waals surface area contributed by atoms with Crippen molar-refractivity contribution in [2.24, 2.45) is 0 Å². The standard InChI is InChI=1S/C20H23NO2S/c1-5-18-19(13-17-9-7-6-8-10-17)21(18)24(22,23)20-15(3)11-14(2)12-16(20)4/h5-12,18-19H,1,13H2,2-4H3/t18-,19+,21?/m1/s1. The van der Waals surface area contributed by atoms with E-state index in [4.69, 9.17) is 0 Å². The number of benzene rings is 2. The molecule has 0 spiro atoms. The number of nitrogens with zero attached hydrogens (tertiary/aromatic N) is 1. The molecule has 24 heavy (non-hydrogen) atoms. The van der Waals surface area contributed by atoms with Gasteiger partial charge in [0.25, 0.3) is 0 Å². The molecule has 1 heterocycles. The Balaban J connectivity index is 1.94. The molecule has 3 atom stereocenters. The second-order valence-electron chi connectivity index (χ2n) is 6.55. The Kier molecular flexibility index (Phi) is 4.37. The van der Waals surface area contributed by atoms with E-state index in [1.165, 1.54) is 0 Å². The van der Waals surface area contributed by atoms with Crippen molar-refractivity contribution in [1.29, 1.82) is 0 Å². The number of rotatable bonds is 5. The van der Waals surface area contributed by atoms with Crippen molar-refractivity contribution in [3.8, 4) is 0 Å². The highest BCUT2D eigenvalue weighted by Gasteiger charge is 2.54. The average Bonchev–Trinajstić information content (AvgIpc) is 3.20. The number of hydrogen-bond acceptors (Lipinski definition) is 2. The van der Waals surface area contributed by atoms with Gasteiger partial charge < -0.3 is 0 Å². The summed E-state index contributed by atoms with van der Waals surface area (Å²) in [6.45, 7) is 9.54. The largest absolute Gasteiger partial charge is 0.244 e. The maximum Gasteiger partial charge on any atom is 0.244 e. The van der Waals surface area contributed by atoms with E-state index in [2.05, 4.69) is 6.58 Å². The minimum atomic E-state index is -3.51. The van der Waals surface area contributed by atoms with Crippen LogP contribution in [0.5, 0.6) is 0 Å². The predicted octanol–water partition coefficient (Wildman–Crippen LogP) is 3.78. The van der Waals surface area contributed by atoms with Crippen LogP contribution in [0.2, 0.25) is 0 Å². The molecule has 0 radical (unpaired) electrons. The molecule has 1 aliphatic heterocycles. The molecule has 4 heteroatoms. The second kappa shape index (κ2) is 6.19. The zero-order chi connectivity index (χ0) is 17.5. The van der Waals surface area contributed by atoms with Gasteiger partial charge in [0.1, 0.15) is 0 Å². The molecule has 0 aromatic heterocycles. The lowest BCUT2D eigenvalue weighted by molar-refractivity contribution is 0.547. The van der Waals surface area contributed by atoms with Crippen LogP contribution in [0.1, 0.15) is 22.3 Å². The van der Waals surface area contributed by atoms with Crippen molar-refractivity contribution in [3.05, 3.63) is 77.4 Å². The molecule has 0 N–H and O–H groups in total. The topological polar surface area (TPSA) is 37.1 Å². The lowest BCUT2D eigenvalue weighted by atomic mass is 10.1. The average molecular weight is 341 g/mol. The Morgan fingerprint density at radius 2 is 1.67 bits per heavy atom. The van der Waals surface area contributed by atoms with Crippen LogP contribution < -0.4 is 0 Å². The summed E-state index contributed by atoms with van der Waals surface area (Å²) < 4.78 is 28.0. The maximum atomic E-state index is 13.2. The Hall–Kier alpha value is -1.91. The smallest absolute Gasteiger partial charge is 0.207 e. The highest BCUT2D eigenvalue weighted by Crippen LogP contribution is 2.40. The zero-order valence-electron chi connectivity index (χ0n) is 14.4.